The highest BCUT2D eigenvalue weighted by Gasteiger charge is 2.19. The van der Waals surface area contributed by atoms with Crippen molar-refractivity contribution in [1.29, 1.82) is 0 Å². The predicted octanol–water partition coefficient (Wildman–Crippen LogP) is 1.62. The number of nitrogens with one attached hydrogen (secondary N) is 2. The molecule has 0 saturated heterocycles. The summed E-state index contributed by atoms with van der Waals surface area (Å²) in [4.78, 5) is 34.1. The monoisotopic (exact) mass is 324 g/mol. The van der Waals surface area contributed by atoms with Gasteiger partial charge in [-0.05, 0) is 19.4 Å². The third-order valence-corrected chi connectivity index (χ3v) is 3.73. The van der Waals surface area contributed by atoms with Gasteiger partial charge in [0, 0.05) is 12.8 Å². The molecule has 7 heteroatoms. The van der Waals surface area contributed by atoms with Gasteiger partial charge in [-0.2, -0.15) is 0 Å². The molecule has 0 aliphatic carbocycles. The SMILES string of the molecule is CNC(=O)NC(=O)[C@H](C)OC(=O)CSCc1ccc(C)cc1. The van der Waals surface area contributed by atoms with Crippen molar-refractivity contribution in [2.75, 3.05) is 12.8 Å². The van der Waals surface area contributed by atoms with E-state index in [2.05, 4.69) is 5.32 Å². The number of imide groups is 1. The van der Waals surface area contributed by atoms with Crippen LogP contribution in [0.3, 0.4) is 0 Å². The van der Waals surface area contributed by atoms with Crippen LogP contribution in [0.15, 0.2) is 24.3 Å². The molecule has 2 N–H and O–H groups in total. The van der Waals surface area contributed by atoms with E-state index in [1.807, 2.05) is 36.5 Å². The van der Waals surface area contributed by atoms with E-state index in [4.69, 9.17) is 4.74 Å². The Hall–Kier alpha value is -2.02. The average Bonchev–Trinajstić information content (AvgIpc) is 2.49. The van der Waals surface area contributed by atoms with Crippen molar-refractivity contribution in [2.24, 2.45) is 0 Å². The van der Waals surface area contributed by atoms with Crippen molar-refractivity contribution < 1.29 is 19.1 Å². The molecule has 0 saturated carbocycles. The third kappa shape index (κ3) is 6.62. The Kier molecular flexibility index (Phi) is 7.45. The molecule has 0 aliphatic rings. The first-order valence-corrected chi connectivity index (χ1v) is 7.93. The van der Waals surface area contributed by atoms with E-state index < -0.39 is 24.0 Å². The van der Waals surface area contributed by atoms with Crippen LogP contribution in [0.25, 0.3) is 0 Å². The number of carbonyl (C=O) groups excluding carboxylic acids is 3. The quantitative estimate of drug-likeness (QED) is 0.777. The third-order valence-electron chi connectivity index (χ3n) is 2.75. The Morgan fingerprint density at radius 3 is 2.45 bits per heavy atom. The highest BCUT2D eigenvalue weighted by Crippen LogP contribution is 2.13. The van der Waals surface area contributed by atoms with Gasteiger partial charge in [0.1, 0.15) is 0 Å². The van der Waals surface area contributed by atoms with Crippen molar-refractivity contribution in [3.8, 4) is 0 Å². The number of benzene rings is 1. The highest BCUT2D eigenvalue weighted by molar-refractivity contribution is 7.99. The number of aryl methyl sites for hydroxylation is 1. The zero-order valence-electron chi connectivity index (χ0n) is 12.8. The maximum absolute atomic E-state index is 11.6. The fraction of sp³-hybridized carbons (Fsp3) is 0.400. The summed E-state index contributed by atoms with van der Waals surface area (Å²) in [6.07, 6.45) is -1.01. The Bertz CT molecular complexity index is 531. The van der Waals surface area contributed by atoms with Gasteiger partial charge >= 0.3 is 12.0 Å². The molecule has 1 rings (SSSR count). The van der Waals surface area contributed by atoms with Crippen molar-refractivity contribution in [1.82, 2.24) is 10.6 Å². The maximum Gasteiger partial charge on any atom is 0.321 e. The topological polar surface area (TPSA) is 84.5 Å². The summed E-state index contributed by atoms with van der Waals surface area (Å²) in [5.41, 5.74) is 2.30. The van der Waals surface area contributed by atoms with Gasteiger partial charge in [0.15, 0.2) is 6.10 Å². The molecule has 0 heterocycles. The lowest BCUT2D eigenvalue weighted by atomic mass is 10.2. The molecule has 3 amide bonds. The predicted molar refractivity (Wildman–Crippen MR) is 85.5 cm³/mol. The minimum absolute atomic E-state index is 0.144. The molecule has 0 bridgehead atoms. The number of carbonyl (C=O) groups is 3. The standard InChI is InChI=1S/C15H20N2O4S/c1-10-4-6-12(7-5-10)8-22-9-13(18)21-11(2)14(19)17-15(20)16-3/h4-7,11H,8-9H2,1-3H3,(H2,16,17,19,20)/t11-/m0/s1. The second kappa shape index (κ2) is 9.09. The van der Waals surface area contributed by atoms with Crippen LogP contribution in [0.2, 0.25) is 0 Å². The summed E-state index contributed by atoms with van der Waals surface area (Å²) in [6.45, 7) is 3.43. The van der Waals surface area contributed by atoms with Crippen LogP contribution in [0.4, 0.5) is 4.79 Å². The zero-order valence-corrected chi connectivity index (χ0v) is 13.7. The molecule has 120 valence electrons. The summed E-state index contributed by atoms with van der Waals surface area (Å²) in [7, 11) is 1.39. The van der Waals surface area contributed by atoms with Gasteiger partial charge in [-0.3, -0.25) is 14.9 Å². The van der Waals surface area contributed by atoms with Crippen LogP contribution in [0.1, 0.15) is 18.1 Å². The molecule has 0 aromatic heterocycles. The molecular formula is C15H20N2O4S. The van der Waals surface area contributed by atoms with Crippen LogP contribution in [-0.2, 0) is 20.1 Å². The van der Waals surface area contributed by atoms with E-state index in [0.717, 1.165) is 5.56 Å². The second-order valence-corrected chi connectivity index (χ2v) is 5.66. The van der Waals surface area contributed by atoms with E-state index in [0.29, 0.717) is 5.75 Å². The van der Waals surface area contributed by atoms with Crippen LogP contribution in [0.5, 0.6) is 0 Å². The van der Waals surface area contributed by atoms with Crippen LogP contribution < -0.4 is 10.6 Å². The smallest absolute Gasteiger partial charge is 0.321 e. The molecule has 0 unspecified atom stereocenters. The lowest BCUT2D eigenvalue weighted by molar-refractivity contribution is -0.151. The van der Waals surface area contributed by atoms with E-state index in [1.165, 1.54) is 31.3 Å². The van der Waals surface area contributed by atoms with Crippen LogP contribution >= 0.6 is 11.8 Å². The number of rotatable bonds is 6. The number of hydrogen-bond donors (Lipinski definition) is 2. The van der Waals surface area contributed by atoms with Crippen molar-refractivity contribution in [3.63, 3.8) is 0 Å². The van der Waals surface area contributed by atoms with E-state index in [1.54, 1.807) is 0 Å². The number of amides is 3. The largest absolute Gasteiger partial charge is 0.452 e. The lowest BCUT2D eigenvalue weighted by Crippen LogP contribution is -2.43. The number of esters is 1. The molecule has 0 fully saturated rings. The van der Waals surface area contributed by atoms with Crippen molar-refractivity contribution >= 4 is 29.7 Å². The van der Waals surface area contributed by atoms with E-state index >= 15 is 0 Å². The molecular weight excluding hydrogens is 304 g/mol. The highest BCUT2D eigenvalue weighted by atomic mass is 32.2. The van der Waals surface area contributed by atoms with Gasteiger partial charge in [0.25, 0.3) is 5.91 Å². The Balaban J connectivity index is 2.29. The van der Waals surface area contributed by atoms with Crippen molar-refractivity contribution in [2.45, 2.75) is 25.7 Å². The van der Waals surface area contributed by atoms with Crippen molar-refractivity contribution in [3.05, 3.63) is 35.4 Å². The van der Waals surface area contributed by atoms with Crippen LogP contribution in [-0.4, -0.2) is 36.8 Å². The molecule has 1 aromatic rings. The average molecular weight is 324 g/mol. The number of ether oxygens (including phenoxy) is 1. The first-order chi connectivity index (χ1) is 10.4. The fourth-order valence-electron chi connectivity index (χ4n) is 1.50. The normalized spacial score (nSPS) is 11.4. The van der Waals surface area contributed by atoms with Gasteiger partial charge in [0.05, 0.1) is 5.75 Å². The zero-order chi connectivity index (χ0) is 16.5. The number of thioether (sulfide) groups is 1. The molecule has 1 atom stereocenters. The lowest BCUT2D eigenvalue weighted by Gasteiger charge is -2.12. The second-order valence-electron chi connectivity index (χ2n) is 4.68. The molecule has 22 heavy (non-hydrogen) atoms. The Labute approximate surface area is 134 Å². The maximum atomic E-state index is 11.6. The van der Waals surface area contributed by atoms with Gasteiger partial charge in [-0.25, -0.2) is 4.79 Å². The minimum atomic E-state index is -1.01. The molecule has 1 aromatic carbocycles. The number of urea groups is 1. The fourth-order valence-corrected chi connectivity index (χ4v) is 2.26. The Morgan fingerprint density at radius 2 is 1.86 bits per heavy atom. The molecule has 0 spiro atoms. The summed E-state index contributed by atoms with van der Waals surface area (Å²) in [5, 5.41) is 4.29. The first kappa shape index (κ1) is 18.0. The van der Waals surface area contributed by atoms with Gasteiger partial charge < -0.3 is 10.1 Å². The molecule has 6 nitrogen and oxygen atoms in total. The Morgan fingerprint density at radius 1 is 1.23 bits per heavy atom. The summed E-state index contributed by atoms with van der Waals surface area (Å²) >= 11 is 1.41. The molecule has 0 aliphatic heterocycles. The van der Waals surface area contributed by atoms with Gasteiger partial charge in [-0.1, -0.05) is 29.8 Å². The molecule has 0 radical (unpaired) electrons. The van der Waals surface area contributed by atoms with E-state index in [9.17, 15) is 14.4 Å². The summed E-state index contributed by atoms with van der Waals surface area (Å²) < 4.78 is 4.96. The summed E-state index contributed by atoms with van der Waals surface area (Å²) in [5.74, 6) is -0.312. The summed E-state index contributed by atoms with van der Waals surface area (Å²) in [6, 6.07) is 7.40. The minimum Gasteiger partial charge on any atom is -0.452 e. The first-order valence-electron chi connectivity index (χ1n) is 6.77. The van der Waals surface area contributed by atoms with Gasteiger partial charge in [0.2, 0.25) is 0 Å². The van der Waals surface area contributed by atoms with E-state index in [-0.39, 0.29) is 5.75 Å². The van der Waals surface area contributed by atoms with Gasteiger partial charge in [-0.15, -0.1) is 11.8 Å². The number of hydrogen-bond acceptors (Lipinski definition) is 5. The van der Waals surface area contributed by atoms with Crippen LogP contribution in [0, 0.1) is 6.92 Å².